The Kier molecular flexibility index (Phi) is 23.4. The second-order valence-corrected chi connectivity index (χ2v) is 34.9. The summed E-state index contributed by atoms with van der Waals surface area (Å²) in [6, 6.07) is 52.0. The van der Waals surface area contributed by atoms with Crippen molar-refractivity contribution < 1.29 is 38.1 Å². The van der Waals surface area contributed by atoms with Gasteiger partial charge in [0.1, 0.15) is 46.0 Å². The second-order valence-electron chi connectivity index (χ2n) is 34.9. The van der Waals surface area contributed by atoms with E-state index in [9.17, 15) is 0 Å². The Morgan fingerprint density at radius 3 is 0.711 bits per heavy atom. The fourth-order valence-electron chi connectivity index (χ4n) is 21.0. The molecular formula is C104H114N2O8. The zero-order valence-corrected chi connectivity index (χ0v) is 67.9. The number of rotatable bonds is 30. The fraction of sp³-hybridized carbons (Fsp3) is 0.423. The molecule has 0 N–H and O–H groups in total. The van der Waals surface area contributed by atoms with E-state index in [-0.39, 0.29) is 0 Å². The van der Waals surface area contributed by atoms with E-state index in [1.165, 1.54) is 164 Å². The topological polar surface area (TPSA) is 112 Å². The predicted molar refractivity (Wildman–Crippen MR) is 464 cm³/mol. The Labute approximate surface area is 675 Å². The number of unbranched alkanes of at least 4 members (excludes halogenated alkanes) is 4. The van der Waals surface area contributed by atoms with Crippen LogP contribution < -0.4 is 28.7 Å². The number of fused-ring (bicyclic) bond motifs is 2. The number of aryl methyl sites for hydroxylation is 8. The Bertz CT molecular complexity index is 4750. The molecule has 17 rings (SSSR count). The van der Waals surface area contributed by atoms with E-state index in [0.29, 0.717) is 148 Å². The molecule has 11 aromatic carbocycles. The van der Waals surface area contributed by atoms with Gasteiger partial charge in [-0.15, -0.1) is 0 Å². The number of ether oxygens (including phenoxy) is 4. The summed E-state index contributed by atoms with van der Waals surface area (Å²) >= 11 is 0. The molecule has 0 spiro atoms. The summed E-state index contributed by atoms with van der Waals surface area (Å²) in [7, 11) is 0. The van der Waals surface area contributed by atoms with Gasteiger partial charge in [0.15, 0.2) is 0 Å². The molecule has 6 aliphatic rings. The van der Waals surface area contributed by atoms with Crippen molar-refractivity contribution in [1.82, 2.24) is 0 Å². The van der Waals surface area contributed by atoms with Crippen LogP contribution in [0.1, 0.15) is 291 Å². The Morgan fingerprint density at radius 1 is 0.254 bits per heavy atom. The van der Waals surface area contributed by atoms with Gasteiger partial charge in [0.25, 0.3) is 23.6 Å². The minimum absolute atomic E-state index is 0.293. The standard InChI is InChI=1S/C104H114N2O8/c1-67-35-17-29-59-83(67)111-87-63-79-91-80(102(108)105(101(79)107)99-75(51-25-21-47-71-39-9-5-10-40-71)55-33-56-76(99)52-26-22-48-72-41-11-6-12-42-72)65-89(113-85-61-31-19-37-69(85)3)95-96-90(114-86-62-32-20-38-70(86)4)66-82-92-81(64-88(94(98(92)96)93(87)97(91)95)112-84-60-30-18-36-68(84)2)103(109)106(104(82)110)100-77(53-27-23-49-73-43-13-7-14-44-73)57-34-58-78(100)54-28-24-50-74-45-15-8-16-46-74/h17-20,29-38,55-66,71-74H,5-16,21-28,39-54H2,1-4H3. The molecule has 4 aliphatic carbocycles. The van der Waals surface area contributed by atoms with Gasteiger partial charge >= 0.3 is 0 Å². The normalized spacial score (nSPS) is 16.7. The van der Waals surface area contributed by atoms with E-state index in [4.69, 9.17) is 18.9 Å². The lowest BCUT2D eigenvalue weighted by Gasteiger charge is -2.34. The van der Waals surface area contributed by atoms with E-state index in [2.05, 4.69) is 36.4 Å². The van der Waals surface area contributed by atoms with Crippen molar-refractivity contribution in [3.8, 4) is 46.0 Å². The summed E-state index contributed by atoms with van der Waals surface area (Å²) in [5.41, 5.74) is 9.93. The smallest absolute Gasteiger partial charge is 0.266 e. The van der Waals surface area contributed by atoms with Crippen LogP contribution in [0.25, 0.3) is 43.1 Å². The monoisotopic (exact) mass is 1520 g/mol. The highest BCUT2D eigenvalue weighted by Gasteiger charge is 2.44. The van der Waals surface area contributed by atoms with Gasteiger partial charge in [-0.05, 0) is 196 Å². The molecule has 4 fully saturated rings. The Balaban J connectivity index is 0.919. The van der Waals surface area contributed by atoms with Gasteiger partial charge in [-0.2, -0.15) is 0 Å². The molecule has 0 radical (unpaired) electrons. The zero-order valence-electron chi connectivity index (χ0n) is 67.9. The lowest BCUT2D eigenvalue weighted by atomic mass is 9.80. The summed E-state index contributed by atoms with van der Waals surface area (Å²) in [4.78, 5) is 71.5. The van der Waals surface area contributed by atoms with E-state index in [1.54, 1.807) is 0 Å². The molecule has 10 nitrogen and oxygen atoms in total. The third-order valence-electron chi connectivity index (χ3n) is 27.1. The number of para-hydroxylation sites is 6. The molecule has 0 bridgehead atoms. The summed E-state index contributed by atoms with van der Waals surface area (Å²) in [5.74, 6) is 4.64. The molecule has 0 saturated heterocycles. The number of carbonyl (C=O) groups excluding carboxylic acids is 4. The van der Waals surface area contributed by atoms with E-state index >= 15 is 19.2 Å². The number of anilines is 2. The molecule has 0 atom stereocenters. The Hall–Kier alpha value is -9.80. The van der Waals surface area contributed by atoms with Crippen LogP contribution in [0.2, 0.25) is 0 Å². The van der Waals surface area contributed by atoms with Crippen LogP contribution in [0.15, 0.2) is 158 Å². The molecule has 0 unspecified atom stereocenters. The van der Waals surface area contributed by atoms with Crippen LogP contribution in [-0.2, 0) is 25.7 Å². The number of nitrogens with zero attached hydrogens (tertiary/aromatic N) is 2. The molecule has 588 valence electrons. The third kappa shape index (κ3) is 15.7. The second kappa shape index (κ2) is 34.7. The first-order valence-electron chi connectivity index (χ1n) is 44.2. The Morgan fingerprint density at radius 2 is 0.482 bits per heavy atom. The average Bonchev–Trinajstić information content (AvgIpc) is 0.669. The van der Waals surface area contributed by atoms with Gasteiger partial charge in [-0.1, -0.05) is 289 Å². The number of carbonyl (C=O) groups is 4. The molecule has 0 aromatic heterocycles. The van der Waals surface area contributed by atoms with Crippen molar-refractivity contribution in [3.63, 3.8) is 0 Å². The first kappa shape index (κ1) is 76.8. The van der Waals surface area contributed by atoms with E-state index < -0.39 is 23.6 Å². The highest BCUT2D eigenvalue weighted by atomic mass is 16.5. The van der Waals surface area contributed by atoms with Crippen molar-refractivity contribution in [2.45, 2.75) is 259 Å². The van der Waals surface area contributed by atoms with Crippen molar-refractivity contribution >= 4 is 78.1 Å². The van der Waals surface area contributed by atoms with Crippen LogP contribution >= 0.6 is 0 Å². The lowest BCUT2D eigenvalue weighted by molar-refractivity contribution is 0.0877. The highest BCUT2D eigenvalue weighted by molar-refractivity contribution is 6.48. The van der Waals surface area contributed by atoms with Gasteiger partial charge in [-0.3, -0.25) is 19.2 Å². The minimum Gasteiger partial charge on any atom is -0.456 e. The van der Waals surface area contributed by atoms with Crippen molar-refractivity contribution in [1.29, 1.82) is 0 Å². The van der Waals surface area contributed by atoms with E-state index in [1.807, 2.05) is 149 Å². The first-order chi connectivity index (χ1) is 55.9. The zero-order chi connectivity index (χ0) is 77.8. The molecule has 4 saturated carbocycles. The van der Waals surface area contributed by atoms with Crippen molar-refractivity contribution in [2.75, 3.05) is 9.80 Å². The summed E-state index contributed by atoms with van der Waals surface area (Å²) in [6.45, 7) is 8.06. The summed E-state index contributed by atoms with van der Waals surface area (Å²) in [6.07, 6.45) is 41.6. The van der Waals surface area contributed by atoms with Crippen LogP contribution in [0.5, 0.6) is 46.0 Å². The maximum atomic E-state index is 17.1. The predicted octanol–water partition coefficient (Wildman–Crippen LogP) is 28.9. The number of hydrogen-bond donors (Lipinski definition) is 0. The van der Waals surface area contributed by atoms with Crippen LogP contribution in [0.4, 0.5) is 11.4 Å². The minimum atomic E-state index is -0.446. The summed E-state index contributed by atoms with van der Waals surface area (Å²) < 4.78 is 30.4. The molecule has 114 heavy (non-hydrogen) atoms. The molecular weight excluding hydrogens is 1410 g/mol. The van der Waals surface area contributed by atoms with Crippen LogP contribution in [-0.4, -0.2) is 23.6 Å². The maximum Gasteiger partial charge on any atom is 0.266 e. The lowest BCUT2D eigenvalue weighted by Crippen LogP contribution is -2.42. The molecule has 11 aromatic rings. The number of amides is 4. The average molecular weight is 1520 g/mol. The van der Waals surface area contributed by atoms with Crippen LogP contribution in [0.3, 0.4) is 0 Å². The molecule has 4 amide bonds. The quantitative estimate of drug-likeness (QED) is 0.0189. The van der Waals surface area contributed by atoms with Gasteiger partial charge in [-0.25, -0.2) is 9.80 Å². The van der Waals surface area contributed by atoms with Gasteiger partial charge in [0.2, 0.25) is 0 Å². The maximum absolute atomic E-state index is 17.1. The largest absolute Gasteiger partial charge is 0.456 e. The fourth-order valence-corrected chi connectivity index (χ4v) is 21.0. The van der Waals surface area contributed by atoms with Gasteiger partial charge in [0.05, 0.1) is 33.6 Å². The van der Waals surface area contributed by atoms with Crippen molar-refractivity contribution in [3.05, 3.63) is 224 Å². The number of benzene rings is 11. The number of hydrogen-bond acceptors (Lipinski definition) is 8. The molecule has 2 heterocycles. The summed E-state index contributed by atoms with van der Waals surface area (Å²) in [5, 5.41) is 3.92. The first-order valence-corrected chi connectivity index (χ1v) is 44.2. The third-order valence-corrected chi connectivity index (χ3v) is 27.1. The highest BCUT2D eigenvalue weighted by Crippen LogP contribution is 2.59. The van der Waals surface area contributed by atoms with Crippen LogP contribution in [0, 0.1) is 51.4 Å². The van der Waals surface area contributed by atoms with E-state index in [0.717, 1.165) is 120 Å². The molecule has 2 aliphatic heterocycles. The van der Waals surface area contributed by atoms with Gasteiger partial charge in [0, 0.05) is 43.1 Å². The van der Waals surface area contributed by atoms with Gasteiger partial charge < -0.3 is 18.9 Å². The number of imide groups is 2. The SMILES string of the molecule is Cc1ccccc1Oc1cc2c3c(cc(Oc4ccccc4C)c4c5c(Oc6ccccc6C)cc6c7c(cc(Oc8ccccc8C)c(c1c34)c75)C(=O)N(c1c(CCCCC3CCCCC3)cccc1CCCCC1CCCCC1)C6=O)C(=O)N(c1c(CCCCC3CCCCC3)cccc1CCCCC1CCCCC1)C2=O. The van der Waals surface area contributed by atoms with Crippen molar-refractivity contribution in [2.24, 2.45) is 23.7 Å². The molecule has 10 heteroatoms.